The van der Waals surface area contributed by atoms with Crippen molar-refractivity contribution in [1.29, 1.82) is 0 Å². The molecule has 0 aliphatic heterocycles. The molecule has 1 aromatic heterocycles. The molecule has 0 radical (unpaired) electrons. The zero-order chi connectivity index (χ0) is 8.27. The summed E-state index contributed by atoms with van der Waals surface area (Å²) in [6.07, 6.45) is 0. The van der Waals surface area contributed by atoms with Crippen molar-refractivity contribution in [3.8, 4) is 0 Å². The van der Waals surface area contributed by atoms with Crippen molar-refractivity contribution in [2.24, 2.45) is 0 Å². The first-order valence-corrected chi connectivity index (χ1v) is 3.68. The van der Waals surface area contributed by atoms with Gasteiger partial charge in [0.25, 0.3) is 0 Å². The van der Waals surface area contributed by atoms with Crippen molar-refractivity contribution < 1.29 is 5.11 Å². The first-order valence-electron chi connectivity index (χ1n) is 2.95. The molecule has 0 fully saturated rings. The monoisotopic (exact) mass is 176 g/mol. The Morgan fingerprint density at radius 1 is 1.82 bits per heavy atom. The molecule has 0 bridgehead atoms. The molecule has 1 heterocycles. The van der Waals surface area contributed by atoms with Crippen LogP contribution in [0.25, 0.3) is 0 Å². The Morgan fingerprint density at radius 2 is 2.55 bits per heavy atom. The van der Waals surface area contributed by atoms with E-state index < -0.39 is 0 Å². The van der Waals surface area contributed by atoms with Gasteiger partial charge in [0.05, 0.1) is 24.9 Å². The summed E-state index contributed by atoms with van der Waals surface area (Å²) in [5.41, 5.74) is 7.42. The quantitative estimate of drug-likeness (QED) is 0.517. The summed E-state index contributed by atoms with van der Waals surface area (Å²) in [7, 11) is 0. The van der Waals surface area contributed by atoms with Gasteiger partial charge in [0.2, 0.25) is 5.82 Å². The number of nitrogens with zero attached hydrogens (tertiary/aromatic N) is 2. The summed E-state index contributed by atoms with van der Waals surface area (Å²) in [6.45, 7) is 0.270. The van der Waals surface area contributed by atoms with Gasteiger partial charge in [-0.3, -0.25) is 4.79 Å². The molecule has 62 valence electrons. The second-order valence-corrected chi connectivity index (χ2v) is 2.50. The van der Waals surface area contributed by atoms with Gasteiger partial charge in [-0.15, -0.1) is 0 Å². The zero-order valence-corrected chi connectivity index (χ0v) is 6.47. The Balaban J connectivity index is 2.71. The molecule has 6 nitrogen and oxygen atoms in total. The molecule has 0 unspecified atom stereocenters. The van der Waals surface area contributed by atoms with E-state index in [2.05, 4.69) is 9.80 Å². The third-order valence-electron chi connectivity index (χ3n) is 0.992. The van der Waals surface area contributed by atoms with Crippen LogP contribution in [0.5, 0.6) is 0 Å². The molecule has 0 amide bonds. The smallest absolute Gasteiger partial charge is 0.323 e. The maximum absolute atomic E-state index is 10.9. The van der Waals surface area contributed by atoms with Crippen LogP contribution in [0.3, 0.4) is 0 Å². The average molecular weight is 176 g/mol. The van der Waals surface area contributed by atoms with E-state index in [0.717, 1.165) is 11.7 Å². The maximum atomic E-state index is 10.9. The van der Waals surface area contributed by atoms with Gasteiger partial charge < -0.3 is 16.3 Å². The molecular weight excluding hydrogens is 168 g/mol. The summed E-state index contributed by atoms with van der Waals surface area (Å²) in [5, 5.41) is 8.40. The largest absolute Gasteiger partial charge is 0.394 e. The van der Waals surface area contributed by atoms with Crippen LogP contribution in [-0.4, -0.2) is 26.7 Å². The Morgan fingerprint density at radius 3 is 3.00 bits per heavy atom. The van der Waals surface area contributed by atoms with E-state index in [-0.39, 0.29) is 18.0 Å². The number of nitrogens with two attached hydrogens (primary N) is 1. The summed E-state index contributed by atoms with van der Waals surface area (Å²) in [6, 6.07) is 0. The molecule has 1 aromatic rings. The van der Waals surface area contributed by atoms with E-state index in [1.807, 2.05) is 0 Å². The summed E-state index contributed by atoms with van der Waals surface area (Å²) in [5.74, 6) is -0.0274. The molecule has 0 aromatic carbocycles. The number of hydrogen-bond donors (Lipinski definition) is 3. The topological polar surface area (TPSA) is 93.2 Å². The lowest BCUT2D eigenvalue weighted by molar-refractivity contribution is 0.307. The maximum Gasteiger partial charge on any atom is 0.323 e. The molecule has 7 heteroatoms. The Hall–Kier alpha value is -1.08. The van der Waals surface area contributed by atoms with Crippen LogP contribution in [0.15, 0.2) is 4.79 Å². The number of aromatic nitrogens is 2. The highest BCUT2D eigenvalue weighted by atomic mass is 32.1. The van der Waals surface area contributed by atoms with E-state index in [0.29, 0.717) is 6.54 Å². The van der Waals surface area contributed by atoms with Crippen molar-refractivity contribution in [1.82, 2.24) is 8.44 Å². The molecule has 0 saturated heterocycles. The van der Waals surface area contributed by atoms with Gasteiger partial charge >= 0.3 is 5.56 Å². The van der Waals surface area contributed by atoms with Crippen LogP contribution in [0.4, 0.5) is 5.82 Å². The number of rotatable bonds is 3. The fourth-order valence-electron chi connectivity index (χ4n) is 0.517. The molecule has 0 aliphatic carbocycles. The van der Waals surface area contributed by atoms with Crippen molar-refractivity contribution in [3.63, 3.8) is 0 Å². The normalized spacial score (nSPS) is 9.91. The van der Waals surface area contributed by atoms with E-state index in [4.69, 9.17) is 10.8 Å². The minimum atomic E-state index is -0.372. The molecule has 0 saturated carbocycles. The number of hydrogen-bond acceptors (Lipinski definition) is 6. The van der Waals surface area contributed by atoms with Crippen LogP contribution >= 0.6 is 11.7 Å². The summed E-state index contributed by atoms with van der Waals surface area (Å²) >= 11 is 0.923. The number of anilines is 1. The fraction of sp³-hybridized carbons (Fsp3) is 0.500. The third-order valence-corrected chi connectivity index (χ3v) is 1.73. The lowest BCUT2D eigenvalue weighted by Gasteiger charge is -1.98. The van der Waals surface area contributed by atoms with E-state index >= 15 is 0 Å². The number of aliphatic hydroxyl groups excluding tert-OH is 1. The molecular formula is C4H8N4O2S. The van der Waals surface area contributed by atoms with Crippen LogP contribution < -0.4 is 16.7 Å². The first-order chi connectivity index (χ1) is 5.25. The predicted octanol–water partition coefficient (Wildman–Crippen LogP) is -1.58. The molecule has 4 N–H and O–H groups in total. The lowest BCUT2D eigenvalue weighted by atomic mass is 10.7. The van der Waals surface area contributed by atoms with Gasteiger partial charge in [-0.25, -0.2) is 0 Å². The zero-order valence-electron chi connectivity index (χ0n) is 5.65. The number of aliphatic hydroxyl groups is 1. The van der Waals surface area contributed by atoms with Crippen molar-refractivity contribution >= 4 is 17.5 Å². The predicted molar refractivity (Wildman–Crippen MR) is 42.1 cm³/mol. The van der Waals surface area contributed by atoms with Gasteiger partial charge in [0.1, 0.15) is 0 Å². The minimum absolute atomic E-state index is 0.0274. The second kappa shape index (κ2) is 3.35. The molecule has 0 spiro atoms. The Kier molecular flexibility index (Phi) is 2.44. The van der Waals surface area contributed by atoms with Gasteiger partial charge in [-0.2, -0.15) is 8.44 Å². The van der Waals surface area contributed by atoms with Crippen LogP contribution in [-0.2, 0) is 0 Å². The molecule has 0 atom stereocenters. The summed E-state index contributed by atoms with van der Waals surface area (Å²) in [4.78, 5) is 10.9. The van der Waals surface area contributed by atoms with Crippen molar-refractivity contribution in [3.05, 3.63) is 10.4 Å². The van der Waals surface area contributed by atoms with Crippen molar-refractivity contribution in [2.45, 2.75) is 0 Å². The lowest BCUT2D eigenvalue weighted by Crippen LogP contribution is -2.26. The number of nitrogen functional groups attached to an aromatic ring is 1. The average Bonchev–Trinajstić information content (AvgIpc) is 2.31. The molecule has 0 aliphatic rings. The van der Waals surface area contributed by atoms with E-state index in [1.165, 1.54) is 4.07 Å². The standard InChI is InChI=1S/C4H8N4O2S/c5-3-4(10)8(11-7-3)6-1-2-9/h6,9H,1-2H2,(H2,5,7). The Bertz CT molecular complexity index is 280. The highest BCUT2D eigenvalue weighted by Crippen LogP contribution is 1.90. The summed E-state index contributed by atoms with van der Waals surface area (Å²) < 4.78 is 4.77. The third kappa shape index (κ3) is 1.69. The highest BCUT2D eigenvalue weighted by Gasteiger charge is 2.02. The fourth-order valence-corrected chi connectivity index (χ4v) is 1.08. The first kappa shape index (κ1) is 8.02. The van der Waals surface area contributed by atoms with Crippen molar-refractivity contribution in [2.75, 3.05) is 24.3 Å². The van der Waals surface area contributed by atoms with E-state index in [9.17, 15) is 4.79 Å². The van der Waals surface area contributed by atoms with Crippen LogP contribution in [0.2, 0.25) is 0 Å². The second-order valence-electron chi connectivity index (χ2n) is 1.79. The van der Waals surface area contributed by atoms with Gasteiger partial charge in [-0.1, -0.05) is 0 Å². The van der Waals surface area contributed by atoms with Gasteiger partial charge in [-0.05, 0) is 0 Å². The number of nitrogens with one attached hydrogen (secondary N) is 1. The van der Waals surface area contributed by atoms with E-state index in [1.54, 1.807) is 0 Å². The minimum Gasteiger partial charge on any atom is -0.394 e. The SMILES string of the molecule is Nc1nsn(NCCO)c1=O. The van der Waals surface area contributed by atoms with Crippen LogP contribution in [0.1, 0.15) is 0 Å². The van der Waals surface area contributed by atoms with Crippen LogP contribution in [0, 0.1) is 0 Å². The highest BCUT2D eigenvalue weighted by molar-refractivity contribution is 7.00. The molecule has 11 heavy (non-hydrogen) atoms. The molecule has 1 rings (SSSR count). The van der Waals surface area contributed by atoms with Gasteiger partial charge in [0, 0.05) is 0 Å². The Labute approximate surface area is 66.5 Å². The van der Waals surface area contributed by atoms with Gasteiger partial charge in [0.15, 0.2) is 0 Å².